The van der Waals surface area contributed by atoms with Gasteiger partial charge in [-0.3, -0.25) is 33.6 Å². The molecule has 0 fully saturated rings. The molecule has 0 aliphatic rings. The van der Waals surface area contributed by atoms with Crippen molar-refractivity contribution in [3.05, 3.63) is 71.8 Å². The first-order valence-corrected chi connectivity index (χ1v) is 23.1. The Balaban J connectivity index is 1.62. The minimum absolute atomic E-state index is 0.0343. The number of rotatable bonds is 34. The van der Waals surface area contributed by atoms with Crippen molar-refractivity contribution in [2.24, 2.45) is 17.4 Å². The van der Waals surface area contributed by atoms with Crippen molar-refractivity contribution in [2.75, 3.05) is 0 Å². The second-order valence-corrected chi connectivity index (χ2v) is 16.9. The van der Waals surface area contributed by atoms with Crippen molar-refractivity contribution in [3.8, 4) is 0 Å². The summed E-state index contributed by atoms with van der Waals surface area (Å²) in [6.07, 6.45) is 10.5. The first-order valence-electron chi connectivity index (χ1n) is 23.1. The fraction of sp³-hybridized carbons (Fsp3) is 0.583. The molecule has 0 radical (unpaired) electrons. The summed E-state index contributed by atoms with van der Waals surface area (Å²) < 4.78 is 0. The molecule has 0 saturated carbocycles. The van der Waals surface area contributed by atoms with E-state index in [1.165, 1.54) is 6.92 Å². The lowest BCUT2D eigenvalue weighted by Crippen LogP contribution is -2.60. The highest BCUT2D eigenvalue weighted by molar-refractivity contribution is 5.95. The summed E-state index contributed by atoms with van der Waals surface area (Å²) in [6, 6.07) is 12.0. The van der Waals surface area contributed by atoms with Crippen molar-refractivity contribution in [1.82, 2.24) is 26.6 Å². The average Bonchev–Trinajstić information content (AvgIpc) is 3.26. The van der Waals surface area contributed by atoms with Crippen LogP contribution in [0.5, 0.6) is 0 Å². The summed E-state index contributed by atoms with van der Waals surface area (Å²) in [5.74, 6) is -5.97. The molecule has 360 valence electrons. The standard InChI is InChI=1S/C48H73N7O10/c1-4-32(2)42(46(62)52-36(44(50)60)29-34-23-17-15-18-24-34)55-47(63)43(33(3)56)54-41(59)28-22-14-12-10-8-6-5-7-9-11-13-21-27-40(58)51-37(31-39(49)57)45(61)53-38(48(64)65)30-35-25-19-16-20-26-35/h15-20,23-26,32-33,36-38,42-43,56H,4-14,21-22,27-31H2,1-3H3,(H2,49,57)(H2,50,60)(H,51,58)(H,52,62)(H,53,61)(H,54,59)(H,55,63)(H,64,65)/t32-,33?,36-,37-,38-,42-,43-/m0/s1. The van der Waals surface area contributed by atoms with E-state index in [0.29, 0.717) is 24.8 Å². The van der Waals surface area contributed by atoms with Crippen LogP contribution in [0.1, 0.15) is 135 Å². The molecule has 0 aromatic heterocycles. The monoisotopic (exact) mass is 908 g/mol. The fourth-order valence-corrected chi connectivity index (χ4v) is 7.27. The number of primary amides is 2. The van der Waals surface area contributed by atoms with Crippen LogP contribution in [0.2, 0.25) is 0 Å². The Kier molecular flexibility index (Phi) is 26.5. The molecule has 0 aliphatic heterocycles. The number of aliphatic hydroxyl groups excluding tert-OH is 1. The van der Waals surface area contributed by atoms with E-state index in [0.717, 1.165) is 69.8 Å². The van der Waals surface area contributed by atoms with Crippen molar-refractivity contribution in [2.45, 2.75) is 173 Å². The zero-order valence-corrected chi connectivity index (χ0v) is 38.4. The van der Waals surface area contributed by atoms with Gasteiger partial charge >= 0.3 is 5.97 Å². The molecule has 11 N–H and O–H groups in total. The first kappa shape index (κ1) is 55.3. The Hall–Kier alpha value is -5.84. The summed E-state index contributed by atoms with van der Waals surface area (Å²) in [7, 11) is 0. The topological polar surface area (TPSA) is 289 Å². The van der Waals surface area contributed by atoms with Crippen molar-refractivity contribution in [1.29, 1.82) is 0 Å². The first-order chi connectivity index (χ1) is 31.0. The molecule has 0 aliphatic carbocycles. The van der Waals surface area contributed by atoms with Gasteiger partial charge in [0.2, 0.25) is 41.4 Å². The van der Waals surface area contributed by atoms with E-state index in [4.69, 9.17) is 11.5 Å². The van der Waals surface area contributed by atoms with E-state index < -0.39 is 84.1 Å². The van der Waals surface area contributed by atoms with Gasteiger partial charge in [0.1, 0.15) is 30.2 Å². The minimum Gasteiger partial charge on any atom is -0.480 e. The molecule has 2 aromatic carbocycles. The van der Waals surface area contributed by atoms with E-state index in [-0.39, 0.29) is 37.5 Å². The summed E-state index contributed by atoms with van der Waals surface area (Å²) in [4.78, 5) is 101. The zero-order valence-electron chi connectivity index (χ0n) is 38.4. The maximum Gasteiger partial charge on any atom is 0.326 e. The van der Waals surface area contributed by atoms with E-state index in [1.54, 1.807) is 37.3 Å². The molecule has 17 nitrogen and oxygen atoms in total. The second-order valence-electron chi connectivity index (χ2n) is 16.9. The molecule has 2 rings (SSSR count). The lowest BCUT2D eigenvalue weighted by Gasteiger charge is -2.28. The summed E-state index contributed by atoms with van der Waals surface area (Å²) in [6.45, 7) is 5.03. The fourth-order valence-electron chi connectivity index (χ4n) is 7.27. The molecule has 1 unspecified atom stereocenters. The van der Waals surface area contributed by atoms with Crippen LogP contribution in [0.25, 0.3) is 0 Å². The highest BCUT2D eigenvalue weighted by Crippen LogP contribution is 2.15. The number of carboxylic acid groups (broad SMARTS) is 1. The Bertz CT molecular complexity index is 1800. The van der Waals surface area contributed by atoms with Crippen LogP contribution >= 0.6 is 0 Å². The molecule has 0 bridgehead atoms. The predicted molar refractivity (Wildman–Crippen MR) is 246 cm³/mol. The van der Waals surface area contributed by atoms with Crippen LogP contribution in [0, 0.1) is 5.92 Å². The summed E-state index contributed by atoms with van der Waals surface area (Å²) in [5, 5.41) is 32.9. The number of nitrogens with two attached hydrogens (primary N) is 2. The third kappa shape index (κ3) is 23.1. The number of aliphatic hydroxyl groups is 1. The van der Waals surface area contributed by atoms with Crippen LogP contribution in [0.4, 0.5) is 0 Å². The number of carbonyl (C=O) groups excluding carboxylic acids is 7. The van der Waals surface area contributed by atoms with E-state index >= 15 is 0 Å². The number of carbonyl (C=O) groups is 8. The molecular formula is C48H73N7O10. The number of amides is 7. The van der Waals surface area contributed by atoms with E-state index in [9.17, 15) is 48.6 Å². The molecule has 0 saturated heterocycles. The molecule has 17 heteroatoms. The van der Waals surface area contributed by atoms with Gasteiger partial charge in [-0.1, -0.05) is 145 Å². The number of benzene rings is 2. The number of unbranched alkanes of at least 4 members (excludes halogenated alkanes) is 11. The summed E-state index contributed by atoms with van der Waals surface area (Å²) >= 11 is 0. The van der Waals surface area contributed by atoms with Crippen LogP contribution in [0.15, 0.2) is 60.7 Å². The van der Waals surface area contributed by atoms with Gasteiger partial charge in [-0.25, -0.2) is 4.79 Å². The molecule has 7 atom stereocenters. The highest BCUT2D eigenvalue weighted by atomic mass is 16.4. The number of hydrogen-bond acceptors (Lipinski definition) is 9. The third-order valence-electron chi connectivity index (χ3n) is 11.3. The quantitative estimate of drug-likeness (QED) is 0.0462. The van der Waals surface area contributed by atoms with Crippen LogP contribution in [-0.2, 0) is 51.2 Å². The molecule has 65 heavy (non-hydrogen) atoms. The normalized spacial score (nSPS) is 14.3. The molecule has 7 amide bonds. The van der Waals surface area contributed by atoms with Crippen molar-refractivity contribution >= 4 is 47.3 Å². The summed E-state index contributed by atoms with van der Waals surface area (Å²) in [5.41, 5.74) is 12.4. The maximum absolute atomic E-state index is 13.4. The molecule has 2 aromatic rings. The predicted octanol–water partition coefficient (Wildman–Crippen LogP) is 3.23. The number of aliphatic carboxylic acids is 1. The average molecular weight is 908 g/mol. The Morgan fingerprint density at radius 3 is 1.35 bits per heavy atom. The van der Waals surface area contributed by atoms with Gasteiger partial charge in [-0.05, 0) is 36.8 Å². The molecule has 0 heterocycles. The molecular weight excluding hydrogens is 835 g/mol. The number of carboxylic acids is 1. The lowest BCUT2D eigenvalue weighted by atomic mass is 9.96. The van der Waals surface area contributed by atoms with Gasteiger partial charge in [-0.15, -0.1) is 0 Å². The van der Waals surface area contributed by atoms with Crippen LogP contribution < -0.4 is 38.1 Å². The zero-order chi connectivity index (χ0) is 48.1. The van der Waals surface area contributed by atoms with Crippen LogP contribution in [-0.4, -0.2) is 93.8 Å². The van der Waals surface area contributed by atoms with Gasteiger partial charge < -0.3 is 48.3 Å². The number of nitrogens with one attached hydrogen (secondary N) is 5. The van der Waals surface area contributed by atoms with Crippen LogP contribution in [0.3, 0.4) is 0 Å². The second kappa shape index (κ2) is 31.1. The van der Waals surface area contributed by atoms with E-state index in [2.05, 4.69) is 26.6 Å². The minimum atomic E-state index is -1.28. The van der Waals surface area contributed by atoms with Gasteiger partial charge in [-0.2, -0.15) is 0 Å². The van der Waals surface area contributed by atoms with Gasteiger partial charge in [0.15, 0.2) is 0 Å². The Morgan fingerprint density at radius 2 is 0.938 bits per heavy atom. The van der Waals surface area contributed by atoms with Gasteiger partial charge in [0.05, 0.1) is 12.5 Å². The largest absolute Gasteiger partial charge is 0.480 e. The third-order valence-corrected chi connectivity index (χ3v) is 11.3. The Morgan fingerprint density at radius 1 is 0.523 bits per heavy atom. The van der Waals surface area contributed by atoms with E-state index in [1.807, 2.05) is 37.3 Å². The smallest absolute Gasteiger partial charge is 0.326 e. The number of hydrogen-bond donors (Lipinski definition) is 9. The lowest BCUT2D eigenvalue weighted by molar-refractivity contribution is -0.142. The highest BCUT2D eigenvalue weighted by Gasteiger charge is 2.34. The SMILES string of the molecule is CC[C@H](C)[C@H](NC(=O)[C@@H](NC(=O)CCCCCCCCCCCCCCC(=O)N[C@@H](CC(N)=O)C(=O)N[C@@H](Cc1ccccc1)C(=O)O)C(C)O)C(=O)N[C@@H](Cc1ccccc1)C(N)=O. The van der Waals surface area contributed by atoms with Crippen molar-refractivity contribution < 1.29 is 48.6 Å². The van der Waals surface area contributed by atoms with Crippen molar-refractivity contribution in [3.63, 3.8) is 0 Å². The van der Waals surface area contributed by atoms with Gasteiger partial charge in [0, 0.05) is 25.7 Å². The Labute approximate surface area is 383 Å². The molecule has 0 spiro atoms. The maximum atomic E-state index is 13.4. The van der Waals surface area contributed by atoms with Gasteiger partial charge in [0.25, 0.3) is 0 Å².